The Balaban J connectivity index is 2.37. The Hall–Kier alpha value is -1.22. The number of hydrogen-bond donors (Lipinski definition) is 2. The molecular weight excluding hydrogens is 180 g/mol. The fraction of sp³-hybridized carbons (Fsp3) is 0.100. The SMILES string of the molecule is N=C(N)SC/C=C\c1ccccc1. The predicted molar refractivity (Wildman–Crippen MR) is 59.8 cm³/mol. The second kappa shape index (κ2) is 5.43. The standard InChI is InChI=1S/C10H12N2S/c11-10(12)13-8-4-7-9-5-2-1-3-6-9/h1-7H,8H2,(H3,11,12)/b7-4-. The van der Waals surface area contributed by atoms with Crippen molar-refractivity contribution in [2.45, 2.75) is 0 Å². The fourth-order valence-corrected chi connectivity index (χ4v) is 1.26. The van der Waals surface area contributed by atoms with Gasteiger partial charge in [-0.1, -0.05) is 54.2 Å². The quantitative estimate of drug-likeness (QED) is 0.570. The van der Waals surface area contributed by atoms with E-state index in [1.807, 2.05) is 42.5 Å². The first-order valence-electron chi connectivity index (χ1n) is 3.97. The van der Waals surface area contributed by atoms with E-state index in [1.165, 1.54) is 17.3 Å². The van der Waals surface area contributed by atoms with Crippen molar-refractivity contribution >= 4 is 23.0 Å². The van der Waals surface area contributed by atoms with Gasteiger partial charge >= 0.3 is 0 Å². The van der Waals surface area contributed by atoms with Gasteiger partial charge in [0.05, 0.1) is 0 Å². The first-order valence-corrected chi connectivity index (χ1v) is 4.96. The summed E-state index contributed by atoms with van der Waals surface area (Å²) < 4.78 is 0. The number of nitrogens with two attached hydrogens (primary N) is 1. The zero-order chi connectivity index (χ0) is 9.52. The maximum Gasteiger partial charge on any atom is 0.151 e. The van der Waals surface area contributed by atoms with Crippen molar-refractivity contribution in [1.82, 2.24) is 0 Å². The summed E-state index contributed by atoms with van der Waals surface area (Å²) in [6, 6.07) is 10.1. The molecule has 0 fully saturated rings. The van der Waals surface area contributed by atoms with Crippen molar-refractivity contribution in [2.75, 3.05) is 5.75 Å². The van der Waals surface area contributed by atoms with Crippen LogP contribution in [-0.2, 0) is 0 Å². The first-order chi connectivity index (χ1) is 6.29. The molecule has 0 aliphatic rings. The number of hydrogen-bond acceptors (Lipinski definition) is 2. The van der Waals surface area contributed by atoms with Gasteiger partial charge in [0, 0.05) is 5.75 Å². The summed E-state index contributed by atoms with van der Waals surface area (Å²) in [7, 11) is 0. The van der Waals surface area contributed by atoms with E-state index in [-0.39, 0.29) is 5.17 Å². The van der Waals surface area contributed by atoms with Crippen LogP contribution in [0.1, 0.15) is 5.56 Å². The minimum Gasteiger partial charge on any atom is -0.379 e. The summed E-state index contributed by atoms with van der Waals surface area (Å²) in [6.45, 7) is 0. The Bertz CT molecular complexity index is 293. The normalized spacial score (nSPS) is 10.5. The summed E-state index contributed by atoms with van der Waals surface area (Å²) >= 11 is 1.32. The smallest absolute Gasteiger partial charge is 0.151 e. The molecule has 0 saturated carbocycles. The highest BCUT2D eigenvalue weighted by Gasteiger charge is 1.86. The average Bonchev–Trinajstić information content (AvgIpc) is 2.14. The number of thioether (sulfide) groups is 1. The maximum absolute atomic E-state index is 6.98. The zero-order valence-corrected chi connectivity index (χ0v) is 8.05. The topological polar surface area (TPSA) is 49.9 Å². The van der Waals surface area contributed by atoms with Gasteiger partial charge in [-0.15, -0.1) is 0 Å². The van der Waals surface area contributed by atoms with E-state index in [2.05, 4.69) is 0 Å². The van der Waals surface area contributed by atoms with Crippen LogP contribution in [0.4, 0.5) is 0 Å². The molecule has 0 atom stereocenters. The van der Waals surface area contributed by atoms with E-state index in [9.17, 15) is 0 Å². The number of nitrogens with one attached hydrogen (secondary N) is 1. The molecule has 0 aromatic heterocycles. The molecule has 1 aromatic rings. The van der Waals surface area contributed by atoms with Gasteiger partial charge in [-0.05, 0) is 5.56 Å². The van der Waals surface area contributed by atoms with Crippen LogP contribution >= 0.6 is 11.8 Å². The molecular formula is C10H12N2S. The van der Waals surface area contributed by atoms with Gasteiger partial charge in [0.1, 0.15) is 0 Å². The van der Waals surface area contributed by atoms with Gasteiger partial charge < -0.3 is 5.73 Å². The molecule has 0 heterocycles. The molecule has 0 bridgehead atoms. The third kappa shape index (κ3) is 4.38. The molecule has 0 unspecified atom stereocenters. The fourth-order valence-electron chi connectivity index (χ4n) is 0.886. The molecule has 68 valence electrons. The first kappa shape index (κ1) is 9.86. The Morgan fingerprint density at radius 3 is 2.69 bits per heavy atom. The maximum atomic E-state index is 6.98. The molecule has 1 rings (SSSR count). The van der Waals surface area contributed by atoms with Gasteiger partial charge in [0.25, 0.3) is 0 Å². The van der Waals surface area contributed by atoms with Crippen molar-refractivity contribution < 1.29 is 0 Å². The lowest BCUT2D eigenvalue weighted by Gasteiger charge is -1.92. The van der Waals surface area contributed by atoms with Crippen LogP contribution in [0.2, 0.25) is 0 Å². The molecule has 13 heavy (non-hydrogen) atoms. The van der Waals surface area contributed by atoms with E-state index in [0.29, 0.717) is 0 Å². The highest BCUT2D eigenvalue weighted by Crippen LogP contribution is 2.03. The average molecular weight is 192 g/mol. The second-order valence-corrected chi connectivity index (χ2v) is 3.55. The second-order valence-electron chi connectivity index (χ2n) is 2.49. The summed E-state index contributed by atoms with van der Waals surface area (Å²) in [5.41, 5.74) is 6.36. The number of rotatable bonds is 3. The van der Waals surface area contributed by atoms with Crippen molar-refractivity contribution in [2.24, 2.45) is 5.73 Å². The van der Waals surface area contributed by atoms with Gasteiger partial charge in [-0.25, -0.2) is 0 Å². The van der Waals surface area contributed by atoms with Gasteiger partial charge in [0.15, 0.2) is 5.17 Å². The minimum absolute atomic E-state index is 0.165. The van der Waals surface area contributed by atoms with Gasteiger partial charge in [-0.2, -0.15) is 0 Å². The third-order valence-corrected chi connectivity index (χ3v) is 2.12. The zero-order valence-electron chi connectivity index (χ0n) is 7.23. The highest BCUT2D eigenvalue weighted by molar-refractivity contribution is 8.13. The van der Waals surface area contributed by atoms with Crippen LogP contribution in [0.5, 0.6) is 0 Å². The lowest BCUT2D eigenvalue weighted by Crippen LogP contribution is -2.03. The Morgan fingerprint density at radius 1 is 1.38 bits per heavy atom. The molecule has 2 nitrogen and oxygen atoms in total. The highest BCUT2D eigenvalue weighted by atomic mass is 32.2. The summed E-state index contributed by atoms with van der Waals surface area (Å²) in [5.74, 6) is 0.754. The predicted octanol–water partition coefficient (Wildman–Crippen LogP) is 2.33. The number of amidine groups is 1. The molecule has 0 amide bonds. The molecule has 0 aliphatic heterocycles. The molecule has 1 aromatic carbocycles. The van der Waals surface area contributed by atoms with Crippen LogP contribution < -0.4 is 5.73 Å². The van der Waals surface area contributed by atoms with Crippen molar-refractivity contribution in [3.05, 3.63) is 42.0 Å². The van der Waals surface area contributed by atoms with Crippen LogP contribution in [0.15, 0.2) is 36.4 Å². The van der Waals surface area contributed by atoms with E-state index in [0.717, 1.165) is 5.75 Å². The van der Waals surface area contributed by atoms with E-state index >= 15 is 0 Å². The Kier molecular flexibility index (Phi) is 4.12. The van der Waals surface area contributed by atoms with Gasteiger partial charge in [0.2, 0.25) is 0 Å². The van der Waals surface area contributed by atoms with Crippen molar-refractivity contribution in [3.63, 3.8) is 0 Å². The molecule has 0 spiro atoms. The molecule has 0 saturated heterocycles. The minimum atomic E-state index is 0.165. The molecule has 3 heteroatoms. The van der Waals surface area contributed by atoms with Crippen LogP contribution in [0, 0.1) is 5.41 Å². The number of benzene rings is 1. The molecule has 0 aliphatic carbocycles. The lowest BCUT2D eigenvalue weighted by atomic mass is 10.2. The molecule has 3 N–H and O–H groups in total. The van der Waals surface area contributed by atoms with Crippen LogP contribution in [0.3, 0.4) is 0 Å². The Labute approximate surface area is 82.3 Å². The monoisotopic (exact) mass is 192 g/mol. The van der Waals surface area contributed by atoms with Crippen LogP contribution in [0.25, 0.3) is 6.08 Å². The van der Waals surface area contributed by atoms with Crippen molar-refractivity contribution in [3.8, 4) is 0 Å². The summed E-state index contributed by atoms with van der Waals surface area (Å²) in [4.78, 5) is 0. The third-order valence-electron chi connectivity index (χ3n) is 1.44. The van der Waals surface area contributed by atoms with E-state index in [4.69, 9.17) is 11.1 Å². The van der Waals surface area contributed by atoms with Gasteiger partial charge in [-0.3, -0.25) is 5.41 Å². The molecule has 0 radical (unpaired) electrons. The van der Waals surface area contributed by atoms with E-state index in [1.54, 1.807) is 0 Å². The van der Waals surface area contributed by atoms with Crippen molar-refractivity contribution in [1.29, 1.82) is 5.41 Å². The summed E-state index contributed by atoms with van der Waals surface area (Å²) in [5, 5.41) is 7.15. The lowest BCUT2D eigenvalue weighted by molar-refractivity contribution is 1.50. The van der Waals surface area contributed by atoms with E-state index < -0.39 is 0 Å². The van der Waals surface area contributed by atoms with Crippen LogP contribution in [-0.4, -0.2) is 10.9 Å². The summed E-state index contributed by atoms with van der Waals surface area (Å²) in [6.07, 6.45) is 4.03. The Morgan fingerprint density at radius 2 is 2.08 bits per heavy atom. The largest absolute Gasteiger partial charge is 0.379 e.